The molecule has 2 rings (SSSR count). The Morgan fingerprint density at radius 3 is 2.72 bits per heavy atom. The Kier molecular flexibility index (Phi) is 4.12. The predicted molar refractivity (Wildman–Crippen MR) is 70.6 cm³/mol. The second-order valence-electron chi connectivity index (χ2n) is 4.69. The van der Waals surface area contributed by atoms with Crippen molar-refractivity contribution in [2.24, 2.45) is 5.73 Å². The van der Waals surface area contributed by atoms with Crippen molar-refractivity contribution < 1.29 is 4.79 Å². The monoisotopic (exact) mass is 248 g/mol. The number of hydrogen-bond acceptors (Lipinski definition) is 4. The van der Waals surface area contributed by atoms with Crippen molar-refractivity contribution in [2.75, 3.05) is 18.0 Å². The van der Waals surface area contributed by atoms with Crippen molar-refractivity contribution in [3.63, 3.8) is 0 Å². The van der Waals surface area contributed by atoms with Gasteiger partial charge in [-0.3, -0.25) is 4.79 Å². The van der Waals surface area contributed by atoms with Gasteiger partial charge >= 0.3 is 0 Å². The molecule has 1 amide bonds. The highest BCUT2D eigenvalue weighted by Gasteiger charge is 2.16. The summed E-state index contributed by atoms with van der Waals surface area (Å²) in [6, 6.07) is 0. The topological polar surface area (TPSA) is 72.1 Å². The Bertz CT molecular complexity index is 427. The number of aryl methyl sites for hydroxylation is 1. The number of nitrogens with two attached hydrogens (primary N) is 1. The van der Waals surface area contributed by atoms with Crippen LogP contribution in [0.4, 0.5) is 5.82 Å². The summed E-state index contributed by atoms with van der Waals surface area (Å²) in [5.74, 6) is 0.388. The van der Waals surface area contributed by atoms with Crippen LogP contribution in [-0.2, 0) is 6.42 Å². The number of anilines is 1. The highest BCUT2D eigenvalue weighted by molar-refractivity contribution is 5.91. The van der Waals surface area contributed by atoms with Gasteiger partial charge in [-0.25, -0.2) is 9.97 Å². The second kappa shape index (κ2) is 5.80. The molecule has 0 aliphatic carbocycles. The first-order valence-corrected chi connectivity index (χ1v) is 6.63. The predicted octanol–water partition coefficient (Wildman–Crippen LogP) is 1.52. The van der Waals surface area contributed by atoms with Gasteiger partial charge in [0.2, 0.25) is 0 Å². The molecule has 0 radical (unpaired) electrons. The smallest absolute Gasteiger partial charge is 0.269 e. The summed E-state index contributed by atoms with van der Waals surface area (Å²) in [5, 5.41) is 0. The van der Waals surface area contributed by atoms with Gasteiger partial charge in [-0.15, -0.1) is 0 Å². The molecule has 5 nitrogen and oxygen atoms in total. The van der Waals surface area contributed by atoms with Gasteiger partial charge in [0.05, 0.1) is 11.9 Å². The van der Waals surface area contributed by atoms with Gasteiger partial charge in [0.25, 0.3) is 5.91 Å². The quantitative estimate of drug-likeness (QED) is 0.876. The van der Waals surface area contributed by atoms with E-state index in [4.69, 9.17) is 5.73 Å². The number of primary amides is 1. The van der Waals surface area contributed by atoms with Crippen molar-refractivity contribution in [2.45, 2.75) is 39.0 Å². The minimum absolute atomic E-state index is 0.317. The average molecular weight is 248 g/mol. The SMILES string of the molecule is CCCc1nc(N2CCCCC2)cnc1C(N)=O. The van der Waals surface area contributed by atoms with Gasteiger partial charge in [0.15, 0.2) is 0 Å². The van der Waals surface area contributed by atoms with E-state index in [1.807, 2.05) is 0 Å². The van der Waals surface area contributed by atoms with Crippen LogP contribution < -0.4 is 10.6 Å². The molecule has 0 atom stereocenters. The molecular weight excluding hydrogens is 228 g/mol. The molecule has 2 N–H and O–H groups in total. The summed E-state index contributed by atoms with van der Waals surface area (Å²) in [7, 11) is 0. The minimum Gasteiger partial charge on any atom is -0.364 e. The molecule has 1 aromatic heterocycles. The molecule has 1 aliphatic rings. The van der Waals surface area contributed by atoms with Crippen LogP contribution in [0.25, 0.3) is 0 Å². The highest BCUT2D eigenvalue weighted by atomic mass is 16.1. The van der Waals surface area contributed by atoms with Crippen LogP contribution in [0.5, 0.6) is 0 Å². The summed E-state index contributed by atoms with van der Waals surface area (Å²) in [6.45, 7) is 4.10. The number of amides is 1. The molecule has 0 saturated carbocycles. The first-order chi connectivity index (χ1) is 8.72. The Morgan fingerprint density at radius 1 is 1.39 bits per heavy atom. The highest BCUT2D eigenvalue weighted by Crippen LogP contribution is 2.18. The summed E-state index contributed by atoms with van der Waals surface area (Å²) in [5.41, 5.74) is 6.37. The van der Waals surface area contributed by atoms with E-state index in [1.54, 1.807) is 6.20 Å². The molecule has 1 saturated heterocycles. The summed E-state index contributed by atoms with van der Waals surface area (Å²) in [6.07, 6.45) is 7.02. The van der Waals surface area contributed by atoms with Crippen LogP contribution in [-0.4, -0.2) is 29.0 Å². The van der Waals surface area contributed by atoms with Crippen LogP contribution in [0.3, 0.4) is 0 Å². The van der Waals surface area contributed by atoms with Crippen LogP contribution in [0.1, 0.15) is 48.8 Å². The molecule has 1 aromatic rings. The minimum atomic E-state index is -0.490. The zero-order valence-corrected chi connectivity index (χ0v) is 10.9. The number of piperidine rings is 1. The second-order valence-corrected chi connectivity index (χ2v) is 4.69. The first kappa shape index (κ1) is 12.8. The average Bonchev–Trinajstić information content (AvgIpc) is 2.40. The van der Waals surface area contributed by atoms with E-state index in [-0.39, 0.29) is 0 Å². The van der Waals surface area contributed by atoms with Crippen LogP contribution in [0.2, 0.25) is 0 Å². The standard InChI is InChI=1S/C13H20N4O/c1-2-6-10-12(13(14)18)15-9-11(16-10)17-7-4-3-5-8-17/h9H,2-8H2,1H3,(H2,14,18). The Morgan fingerprint density at radius 2 is 2.11 bits per heavy atom. The van der Waals surface area contributed by atoms with Crippen molar-refractivity contribution in [1.29, 1.82) is 0 Å². The lowest BCUT2D eigenvalue weighted by molar-refractivity contribution is 0.0994. The van der Waals surface area contributed by atoms with Crippen molar-refractivity contribution in [3.8, 4) is 0 Å². The van der Waals surface area contributed by atoms with Crippen LogP contribution >= 0.6 is 0 Å². The molecule has 1 aliphatic heterocycles. The van der Waals surface area contributed by atoms with E-state index in [2.05, 4.69) is 21.8 Å². The maximum Gasteiger partial charge on any atom is 0.269 e. The van der Waals surface area contributed by atoms with Gasteiger partial charge in [-0.1, -0.05) is 13.3 Å². The van der Waals surface area contributed by atoms with E-state index in [0.717, 1.165) is 37.4 Å². The van der Waals surface area contributed by atoms with E-state index >= 15 is 0 Å². The Hall–Kier alpha value is -1.65. The number of hydrogen-bond donors (Lipinski definition) is 1. The van der Waals surface area contributed by atoms with Gasteiger partial charge < -0.3 is 10.6 Å². The maximum atomic E-state index is 11.3. The third kappa shape index (κ3) is 2.78. The molecule has 0 spiro atoms. The van der Waals surface area contributed by atoms with Gasteiger partial charge in [-0.2, -0.15) is 0 Å². The number of rotatable bonds is 4. The van der Waals surface area contributed by atoms with E-state index in [0.29, 0.717) is 5.69 Å². The summed E-state index contributed by atoms with van der Waals surface area (Å²) < 4.78 is 0. The molecular formula is C13H20N4O. The van der Waals surface area contributed by atoms with E-state index in [9.17, 15) is 4.79 Å². The Labute approximate surface area is 107 Å². The van der Waals surface area contributed by atoms with Crippen molar-refractivity contribution in [1.82, 2.24) is 9.97 Å². The van der Waals surface area contributed by atoms with E-state index in [1.165, 1.54) is 19.3 Å². The molecule has 0 unspecified atom stereocenters. The van der Waals surface area contributed by atoms with E-state index < -0.39 is 5.91 Å². The molecule has 5 heteroatoms. The lowest BCUT2D eigenvalue weighted by Gasteiger charge is -2.27. The van der Waals surface area contributed by atoms with Gasteiger partial charge in [-0.05, 0) is 25.7 Å². The fourth-order valence-electron chi connectivity index (χ4n) is 2.31. The summed E-state index contributed by atoms with van der Waals surface area (Å²) >= 11 is 0. The number of aromatic nitrogens is 2. The van der Waals surface area contributed by atoms with Crippen molar-refractivity contribution >= 4 is 11.7 Å². The molecule has 98 valence electrons. The van der Waals surface area contributed by atoms with Gasteiger partial charge in [0.1, 0.15) is 11.5 Å². The molecule has 0 bridgehead atoms. The van der Waals surface area contributed by atoms with Crippen LogP contribution in [0, 0.1) is 0 Å². The third-order valence-corrected chi connectivity index (χ3v) is 3.23. The zero-order chi connectivity index (χ0) is 13.0. The molecule has 0 aromatic carbocycles. The lowest BCUT2D eigenvalue weighted by atomic mass is 10.1. The number of carbonyl (C=O) groups excluding carboxylic acids is 1. The molecule has 2 heterocycles. The van der Waals surface area contributed by atoms with Crippen molar-refractivity contribution in [3.05, 3.63) is 17.6 Å². The third-order valence-electron chi connectivity index (χ3n) is 3.23. The fraction of sp³-hybridized carbons (Fsp3) is 0.615. The lowest BCUT2D eigenvalue weighted by Crippen LogP contribution is -2.31. The normalized spacial score (nSPS) is 15.7. The first-order valence-electron chi connectivity index (χ1n) is 6.63. The largest absolute Gasteiger partial charge is 0.364 e. The number of nitrogens with zero attached hydrogens (tertiary/aromatic N) is 3. The fourth-order valence-corrected chi connectivity index (χ4v) is 2.31. The summed E-state index contributed by atoms with van der Waals surface area (Å²) in [4.78, 5) is 22.3. The zero-order valence-electron chi connectivity index (χ0n) is 10.9. The Balaban J connectivity index is 2.26. The molecule has 1 fully saturated rings. The van der Waals surface area contributed by atoms with Crippen LogP contribution in [0.15, 0.2) is 6.20 Å². The number of carbonyl (C=O) groups is 1. The van der Waals surface area contributed by atoms with Gasteiger partial charge in [0, 0.05) is 13.1 Å². The maximum absolute atomic E-state index is 11.3. The molecule has 18 heavy (non-hydrogen) atoms.